The van der Waals surface area contributed by atoms with E-state index in [1.165, 1.54) is 11.3 Å². The number of halogens is 1. The van der Waals surface area contributed by atoms with Crippen LogP contribution in [0.3, 0.4) is 0 Å². The molecule has 84 valence electrons. The summed E-state index contributed by atoms with van der Waals surface area (Å²) in [5, 5.41) is 0.804. The highest BCUT2D eigenvalue weighted by Crippen LogP contribution is 2.26. The SMILES string of the molecule is CC(=O)c1sc(-c2ccccn2)nc1C.Cl. The lowest BCUT2D eigenvalue weighted by atomic mass is 10.3. The Balaban J connectivity index is 0.00000128. The Bertz CT molecular complexity index is 496. The fraction of sp³-hybridized carbons (Fsp3) is 0.182. The van der Waals surface area contributed by atoms with Crippen molar-refractivity contribution in [1.82, 2.24) is 9.97 Å². The van der Waals surface area contributed by atoms with Gasteiger partial charge in [-0.2, -0.15) is 0 Å². The standard InChI is InChI=1S/C11H10N2OS.ClH/c1-7-10(8(2)14)15-11(13-7)9-5-3-4-6-12-9;/h3-6H,1-2H3;1H. The first-order valence-corrected chi connectivity index (χ1v) is 5.40. The molecule has 2 rings (SSSR count). The van der Waals surface area contributed by atoms with Gasteiger partial charge in [-0.25, -0.2) is 4.98 Å². The van der Waals surface area contributed by atoms with E-state index in [4.69, 9.17) is 0 Å². The minimum atomic E-state index is 0. The van der Waals surface area contributed by atoms with Crippen molar-refractivity contribution < 1.29 is 4.79 Å². The lowest BCUT2D eigenvalue weighted by Crippen LogP contribution is -1.89. The minimum Gasteiger partial charge on any atom is -0.294 e. The number of aryl methyl sites for hydroxylation is 1. The van der Waals surface area contributed by atoms with E-state index in [-0.39, 0.29) is 18.2 Å². The van der Waals surface area contributed by atoms with Gasteiger partial charge in [-0.1, -0.05) is 6.07 Å². The predicted molar refractivity (Wildman–Crippen MR) is 67.3 cm³/mol. The van der Waals surface area contributed by atoms with Gasteiger partial charge in [-0.3, -0.25) is 9.78 Å². The van der Waals surface area contributed by atoms with E-state index in [0.29, 0.717) is 0 Å². The number of thiazole rings is 1. The molecule has 0 aromatic carbocycles. The van der Waals surface area contributed by atoms with Crippen molar-refractivity contribution in [2.75, 3.05) is 0 Å². The van der Waals surface area contributed by atoms with Crippen molar-refractivity contribution in [2.45, 2.75) is 13.8 Å². The maximum atomic E-state index is 11.3. The van der Waals surface area contributed by atoms with Gasteiger partial charge in [0, 0.05) is 13.1 Å². The van der Waals surface area contributed by atoms with Gasteiger partial charge in [-0.05, 0) is 19.1 Å². The van der Waals surface area contributed by atoms with Gasteiger partial charge in [0.25, 0.3) is 0 Å². The zero-order valence-corrected chi connectivity index (χ0v) is 10.6. The number of hydrogen-bond donors (Lipinski definition) is 0. The Morgan fingerprint density at radius 2 is 2.12 bits per heavy atom. The molecule has 0 N–H and O–H groups in total. The Morgan fingerprint density at radius 1 is 1.38 bits per heavy atom. The van der Waals surface area contributed by atoms with Crippen LogP contribution in [-0.2, 0) is 0 Å². The molecule has 2 aromatic heterocycles. The molecule has 2 aromatic rings. The van der Waals surface area contributed by atoms with Crippen LogP contribution in [0.25, 0.3) is 10.7 Å². The molecular weight excluding hydrogens is 244 g/mol. The monoisotopic (exact) mass is 254 g/mol. The number of aromatic nitrogens is 2. The Hall–Kier alpha value is -1.26. The summed E-state index contributed by atoms with van der Waals surface area (Å²) in [5.41, 5.74) is 1.60. The highest BCUT2D eigenvalue weighted by molar-refractivity contribution is 7.17. The molecule has 0 aliphatic heterocycles. The van der Waals surface area contributed by atoms with E-state index in [9.17, 15) is 4.79 Å². The summed E-state index contributed by atoms with van der Waals surface area (Å²) in [6.45, 7) is 3.41. The van der Waals surface area contributed by atoms with Crippen molar-refractivity contribution in [2.24, 2.45) is 0 Å². The van der Waals surface area contributed by atoms with Crippen LogP contribution < -0.4 is 0 Å². The highest BCUT2D eigenvalue weighted by atomic mass is 35.5. The van der Waals surface area contributed by atoms with E-state index in [0.717, 1.165) is 21.3 Å². The molecule has 0 fully saturated rings. The number of Topliss-reactive ketones (excluding diaryl/α,β-unsaturated/α-hetero) is 1. The van der Waals surface area contributed by atoms with Gasteiger partial charge >= 0.3 is 0 Å². The molecule has 0 spiro atoms. The quantitative estimate of drug-likeness (QED) is 0.774. The van der Waals surface area contributed by atoms with E-state index in [1.807, 2.05) is 25.1 Å². The third kappa shape index (κ3) is 2.46. The third-order valence-corrected chi connectivity index (χ3v) is 3.28. The van der Waals surface area contributed by atoms with Crippen molar-refractivity contribution >= 4 is 29.5 Å². The van der Waals surface area contributed by atoms with Crippen LogP contribution in [-0.4, -0.2) is 15.8 Å². The van der Waals surface area contributed by atoms with Gasteiger partial charge < -0.3 is 0 Å². The number of carbonyl (C=O) groups is 1. The zero-order valence-electron chi connectivity index (χ0n) is 8.93. The smallest absolute Gasteiger partial charge is 0.171 e. The summed E-state index contributed by atoms with van der Waals surface area (Å²) >= 11 is 1.40. The summed E-state index contributed by atoms with van der Waals surface area (Å²) < 4.78 is 0. The molecule has 5 heteroatoms. The first kappa shape index (κ1) is 12.8. The van der Waals surface area contributed by atoms with Crippen LogP contribution >= 0.6 is 23.7 Å². The lowest BCUT2D eigenvalue weighted by molar-refractivity contribution is 0.102. The van der Waals surface area contributed by atoms with Gasteiger partial charge in [0.05, 0.1) is 16.3 Å². The largest absolute Gasteiger partial charge is 0.294 e. The van der Waals surface area contributed by atoms with Crippen molar-refractivity contribution in [1.29, 1.82) is 0 Å². The molecule has 0 aliphatic carbocycles. The second-order valence-corrected chi connectivity index (χ2v) is 4.20. The number of pyridine rings is 1. The molecule has 2 heterocycles. The Labute approximate surface area is 104 Å². The molecule has 0 saturated heterocycles. The predicted octanol–water partition coefficient (Wildman–Crippen LogP) is 3.14. The number of rotatable bonds is 2. The Morgan fingerprint density at radius 3 is 2.62 bits per heavy atom. The molecule has 3 nitrogen and oxygen atoms in total. The minimum absolute atomic E-state index is 0. The van der Waals surface area contributed by atoms with Crippen molar-refractivity contribution in [3.8, 4) is 10.7 Å². The average molecular weight is 255 g/mol. The molecule has 0 atom stereocenters. The topological polar surface area (TPSA) is 42.9 Å². The molecule has 0 unspecified atom stereocenters. The summed E-state index contributed by atoms with van der Waals surface area (Å²) in [6.07, 6.45) is 1.72. The van der Waals surface area contributed by atoms with Crippen molar-refractivity contribution in [3.05, 3.63) is 35.0 Å². The van der Waals surface area contributed by atoms with Crippen LogP contribution in [0.5, 0.6) is 0 Å². The van der Waals surface area contributed by atoms with Gasteiger partial charge in [0.15, 0.2) is 5.78 Å². The third-order valence-electron chi connectivity index (χ3n) is 2.00. The van der Waals surface area contributed by atoms with Crippen LogP contribution in [0.2, 0.25) is 0 Å². The summed E-state index contributed by atoms with van der Waals surface area (Å²) in [4.78, 5) is 20.5. The van der Waals surface area contributed by atoms with Crippen LogP contribution in [0.15, 0.2) is 24.4 Å². The second-order valence-electron chi connectivity index (χ2n) is 3.20. The van der Waals surface area contributed by atoms with Crippen LogP contribution in [0.1, 0.15) is 22.3 Å². The number of carbonyl (C=O) groups excluding carboxylic acids is 1. The summed E-state index contributed by atoms with van der Waals surface area (Å²) in [7, 11) is 0. The highest BCUT2D eigenvalue weighted by Gasteiger charge is 2.12. The number of ketones is 1. The van der Waals surface area contributed by atoms with Crippen LogP contribution in [0, 0.1) is 6.92 Å². The maximum Gasteiger partial charge on any atom is 0.171 e. The molecule has 0 bridgehead atoms. The molecule has 0 radical (unpaired) electrons. The van der Waals surface area contributed by atoms with E-state index in [1.54, 1.807) is 13.1 Å². The van der Waals surface area contributed by atoms with E-state index < -0.39 is 0 Å². The van der Waals surface area contributed by atoms with Crippen LogP contribution in [0.4, 0.5) is 0 Å². The first-order valence-electron chi connectivity index (χ1n) is 4.58. The fourth-order valence-corrected chi connectivity index (χ4v) is 2.26. The molecular formula is C11H11ClN2OS. The molecule has 0 saturated carbocycles. The fourth-order valence-electron chi connectivity index (χ4n) is 1.32. The lowest BCUT2D eigenvalue weighted by Gasteiger charge is -1.91. The average Bonchev–Trinajstić information content (AvgIpc) is 2.62. The second kappa shape index (κ2) is 5.18. The number of nitrogens with zero attached hydrogens (tertiary/aromatic N) is 2. The summed E-state index contributed by atoms with van der Waals surface area (Å²) in [6, 6.07) is 5.66. The molecule has 0 aliphatic rings. The van der Waals surface area contributed by atoms with E-state index >= 15 is 0 Å². The van der Waals surface area contributed by atoms with E-state index in [2.05, 4.69) is 9.97 Å². The Kier molecular flexibility index (Phi) is 4.15. The molecule has 0 amide bonds. The maximum absolute atomic E-state index is 11.3. The van der Waals surface area contributed by atoms with Gasteiger partial charge in [0.2, 0.25) is 0 Å². The summed E-state index contributed by atoms with van der Waals surface area (Å²) in [5.74, 6) is 0.0622. The normalized spacial score (nSPS) is 9.62. The molecule has 16 heavy (non-hydrogen) atoms. The first-order chi connectivity index (χ1) is 7.18. The van der Waals surface area contributed by atoms with Gasteiger partial charge in [0.1, 0.15) is 5.01 Å². The zero-order chi connectivity index (χ0) is 10.8. The van der Waals surface area contributed by atoms with Gasteiger partial charge in [-0.15, -0.1) is 23.7 Å². The van der Waals surface area contributed by atoms with Crippen molar-refractivity contribution in [3.63, 3.8) is 0 Å². The number of hydrogen-bond acceptors (Lipinski definition) is 4.